The zero-order valence-corrected chi connectivity index (χ0v) is 12.2. The molecular weight excluding hydrogens is 250 g/mol. The number of hydrogen-bond donors (Lipinski definition) is 2. The van der Waals surface area contributed by atoms with Gasteiger partial charge in [-0.3, -0.25) is 0 Å². The fraction of sp³-hybridized carbons (Fsp3) is 0.294. The molecule has 1 unspecified atom stereocenters. The van der Waals surface area contributed by atoms with Gasteiger partial charge in [-0.15, -0.1) is 0 Å². The highest BCUT2D eigenvalue weighted by atomic mass is 16.5. The third-order valence-electron chi connectivity index (χ3n) is 3.47. The van der Waals surface area contributed by atoms with Crippen LogP contribution in [0, 0.1) is 6.92 Å². The van der Waals surface area contributed by atoms with Gasteiger partial charge >= 0.3 is 0 Å². The number of benzene rings is 2. The Morgan fingerprint density at radius 1 is 1.15 bits per heavy atom. The number of hydrogen-bond acceptors (Lipinski definition) is 3. The van der Waals surface area contributed by atoms with Gasteiger partial charge in [0.05, 0.1) is 13.2 Å². The normalized spacial score (nSPS) is 11.9. The van der Waals surface area contributed by atoms with Crippen molar-refractivity contribution in [2.75, 3.05) is 12.4 Å². The van der Waals surface area contributed by atoms with E-state index in [0.29, 0.717) is 5.75 Å². The lowest BCUT2D eigenvalue weighted by molar-refractivity contribution is 0.414. The standard InChI is InChI=1S/C17H21NO2/c1-4-16(13-5-7-14(19)8-6-13)18-17-10-9-15(20-3)11-12(17)2/h5-11,16,18-19H,4H2,1-3H3. The van der Waals surface area contributed by atoms with Crippen molar-refractivity contribution in [2.24, 2.45) is 0 Å². The summed E-state index contributed by atoms with van der Waals surface area (Å²) < 4.78 is 5.22. The minimum atomic E-state index is 0.225. The highest BCUT2D eigenvalue weighted by Crippen LogP contribution is 2.28. The molecular formula is C17H21NO2. The molecule has 0 saturated carbocycles. The number of rotatable bonds is 5. The van der Waals surface area contributed by atoms with E-state index in [1.807, 2.05) is 30.3 Å². The molecule has 0 aromatic heterocycles. The van der Waals surface area contributed by atoms with Gasteiger partial charge in [0, 0.05) is 5.69 Å². The second kappa shape index (κ2) is 6.33. The van der Waals surface area contributed by atoms with Crippen LogP contribution in [0.4, 0.5) is 5.69 Å². The van der Waals surface area contributed by atoms with E-state index in [4.69, 9.17) is 4.74 Å². The smallest absolute Gasteiger partial charge is 0.119 e. The molecule has 20 heavy (non-hydrogen) atoms. The molecule has 3 nitrogen and oxygen atoms in total. The van der Waals surface area contributed by atoms with Gasteiger partial charge < -0.3 is 15.2 Å². The molecule has 2 N–H and O–H groups in total. The number of ether oxygens (including phenoxy) is 1. The number of phenols is 1. The number of phenolic OH excluding ortho intramolecular Hbond substituents is 1. The molecule has 0 aliphatic carbocycles. The second-order valence-corrected chi connectivity index (χ2v) is 4.88. The summed E-state index contributed by atoms with van der Waals surface area (Å²) in [6.45, 7) is 4.21. The fourth-order valence-corrected chi connectivity index (χ4v) is 2.24. The van der Waals surface area contributed by atoms with Crippen LogP contribution in [-0.4, -0.2) is 12.2 Å². The van der Waals surface area contributed by atoms with Gasteiger partial charge in [-0.25, -0.2) is 0 Å². The molecule has 2 rings (SSSR count). The fourth-order valence-electron chi connectivity index (χ4n) is 2.24. The van der Waals surface area contributed by atoms with Gasteiger partial charge in [-0.2, -0.15) is 0 Å². The van der Waals surface area contributed by atoms with Crippen LogP contribution >= 0.6 is 0 Å². The van der Waals surface area contributed by atoms with Gasteiger partial charge in [0.15, 0.2) is 0 Å². The molecule has 0 amide bonds. The second-order valence-electron chi connectivity index (χ2n) is 4.88. The van der Waals surface area contributed by atoms with Crippen molar-refractivity contribution in [2.45, 2.75) is 26.3 Å². The maximum absolute atomic E-state index is 9.37. The molecule has 0 heterocycles. The first-order valence-corrected chi connectivity index (χ1v) is 6.84. The van der Waals surface area contributed by atoms with Crippen LogP contribution in [-0.2, 0) is 0 Å². The predicted molar refractivity (Wildman–Crippen MR) is 82.5 cm³/mol. The summed E-state index contributed by atoms with van der Waals surface area (Å²) in [5.74, 6) is 1.16. The van der Waals surface area contributed by atoms with Crippen LogP contribution in [0.25, 0.3) is 0 Å². The number of aromatic hydroxyl groups is 1. The maximum atomic E-state index is 9.37. The molecule has 0 aliphatic heterocycles. The lowest BCUT2D eigenvalue weighted by atomic mass is 10.0. The number of anilines is 1. The third kappa shape index (κ3) is 3.23. The molecule has 0 aliphatic rings. The van der Waals surface area contributed by atoms with Gasteiger partial charge in [0.25, 0.3) is 0 Å². The minimum Gasteiger partial charge on any atom is -0.508 e. The molecule has 0 saturated heterocycles. The van der Waals surface area contributed by atoms with Crippen LogP contribution in [0.3, 0.4) is 0 Å². The average Bonchev–Trinajstić information content (AvgIpc) is 2.47. The Morgan fingerprint density at radius 3 is 2.40 bits per heavy atom. The SMILES string of the molecule is CCC(Nc1ccc(OC)cc1C)c1ccc(O)cc1. The number of aryl methyl sites for hydroxylation is 1. The lowest BCUT2D eigenvalue weighted by Gasteiger charge is -2.20. The first-order chi connectivity index (χ1) is 9.63. The first-order valence-electron chi connectivity index (χ1n) is 6.84. The van der Waals surface area contributed by atoms with Crippen molar-refractivity contribution in [1.29, 1.82) is 0 Å². The van der Waals surface area contributed by atoms with Gasteiger partial charge in [0.2, 0.25) is 0 Å². The molecule has 106 valence electrons. The summed E-state index contributed by atoms with van der Waals surface area (Å²) in [6, 6.07) is 13.6. The van der Waals surface area contributed by atoms with Crippen molar-refractivity contribution in [3.8, 4) is 11.5 Å². The minimum absolute atomic E-state index is 0.225. The summed E-state index contributed by atoms with van der Waals surface area (Å²) in [6.07, 6.45) is 0.968. The Bertz CT molecular complexity index is 564. The Hall–Kier alpha value is -2.16. The molecule has 2 aromatic carbocycles. The maximum Gasteiger partial charge on any atom is 0.119 e. The van der Waals surface area contributed by atoms with Crippen LogP contribution < -0.4 is 10.1 Å². The highest BCUT2D eigenvalue weighted by molar-refractivity contribution is 5.55. The van der Waals surface area contributed by atoms with Crippen LogP contribution in [0.15, 0.2) is 42.5 Å². The Balaban J connectivity index is 2.20. The monoisotopic (exact) mass is 271 g/mol. The zero-order chi connectivity index (χ0) is 14.5. The van der Waals surface area contributed by atoms with Crippen LogP contribution in [0.2, 0.25) is 0 Å². The van der Waals surface area contributed by atoms with Gasteiger partial charge in [-0.05, 0) is 54.8 Å². The topological polar surface area (TPSA) is 41.5 Å². The lowest BCUT2D eigenvalue weighted by Crippen LogP contribution is -2.10. The average molecular weight is 271 g/mol. The van der Waals surface area contributed by atoms with E-state index >= 15 is 0 Å². The van der Waals surface area contributed by atoms with Crippen molar-refractivity contribution in [1.82, 2.24) is 0 Å². The zero-order valence-electron chi connectivity index (χ0n) is 12.2. The van der Waals surface area contributed by atoms with Crippen LogP contribution in [0.1, 0.15) is 30.5 Å². The Kier molecular flexibility index (Phi) is 4.51. The summed E-state index contributed by atoms with van der Waals surface area (Å²) >= 11 is 0. The van der Waals surface area contributed by atoms with E-state index in [2.05, 4.69) is 19.2 Å². The van der Waals surface area contributed by atoms with E-state index in [-0.39, 0.29) is 6.04 Å². The van der Waals surface area contributed by atoms with Gasteiger partial charge in [0.1, 0.15) is 11.5 Å². The highest BCUT2D eigenvalue weighted by Gasteiger charge is 2.10. The number of nitrogens with one attached hydrogen (secondary N) is 1. The van der Waals surface area contributed by atoms with E-state index in [1.54, 1.807) is 19.2 Å². The molecule has 2 aromatic rings. The Morgan fingerprint density at radius 2 is 1.85 bits per heavy atom. The third-order valence-corrected chi connectivity index (χ3v) is 3.47. The molecule has 1 atom stereocenters. The quantitative estimate of drug-likeness (QED) is 0.853. The van der Waals surface area contributed by atoms with Crippen molar-refractivity contribution >= 4 is 5.69 Å². The molecule has 0 spiro atoms. The van der Waals surface area contributed by atoms with Gasteiger partial charge in [-0.1, -0.05) is 19.1 Å². The molecule has 3 heteroatoms. The molecule has 0 radical (unpaired) electrons. The predicted octanol–water partition coefficient (Wildman–Crippen LogP) is 4.27. The molecule has 0 fully saturated rings. The van der Waals surface area contributed by atoms with E-state index in [0.717, 1.165) is 23.4 Å². The summed E-state index contributed by atoms with van der Waals surface area (Å²) in [7, 11) is 1.67. The van der Waals surface area contributed by atoms with Crippen molar-refractivity contribution < 1.29 is 9.84 Å². The van der Waals surface area contributed by atoms with E-state index in [9.17, 15) is 5.11 Å². The number of methoxy groups -OCH3 is 1. The van der Waals surface area contributed by atoms with Crippen molar-refractivity contribution in [3.63, 3.8) is 0 Å². The van der Waals surface area contributed by atoms with E-state index in [1.165, 1.54) is 5.56 Å². The Labute approximate surface area is 120 Å². The first kappa shape index (κ1) is 14.3. The largest absolute Gasteiger partial charge is 0.508 e. The van der Waals surface area contributed by atoms with Crippen LogP contribution in [0.5, 0.6) is 11.5 Å². The summed E-state index contributed by atoms with van der Waals surface area (Å²) in [4.78, 5) is 0. The molecule has 0 bridgehead atoms. The van der Waals surface area contributed by atoms with Crippen molar-refractivity contribution in [3.05, 3.63) is 53.6 Å². The summed E-state index contributed by atoms with van der Waals surface area (Å²) in [5.41, 5.74) is 3.42. The summed E-state index contributed by atoms with van der Waals surface area (Å²) in [5, 5.41) is 12.9. The van der Waals surface area contributed by atoms with E-state index < -0.39 is 0 Å².